The summed E-state index contributed by atoms with van der Waals surface area (Å²) in [5.74, 6) is 2.24. The van der Waals surface area contributed by atoms with Crippen LogP contribution in [0.2, 0.25) is 0 Å². The van der Waals surface area contributed by atoms with Crippen LogP contribution in [-0.2, 0) is 4.74 Å². The maximum absolute atomic E-state index is 12.4. The van der Waals surface area contributed by atoms with E-state index in [1.165, 1.54) is 0 Å². The number of rotatable bonds is 4. The highest BCUT2D eigenvalue weighted by atomic mass is 16.5. The monoisotopic (exact) mass is 347 g/mol. The normalized spacial score (nSPS) is 28.3. The van der Waals surface area contributed by atoms with Crippen molar-refractivity contribution in [1.82, 2.24) is 20.2 Å². The van der Waals surface area contributed by atoms with Crippen LogP contribution in [0.3, 0.4) is 0 Å². The molecule has 3 aliphatic rings. The van der Waals surface area contributed by atoms with E-state index in [1.807, 2.05) is 4.90 Å². The Kier molecular flexibility index (Phi) is 4.61. The van der Waals surface area contributed by atoms with Crippen molar-refractivity contribution in [3.63, 3.8) is 0 Å². The predicted molar refractivity (Wildman–Crippen MR) is 91.7 cm³/mol. The quantitative estimate of drug-likeness (QED) is 0.865. The molecule has 136 valence electrons. The van der Waals surface area contributed by atoms with E-state index in [4.69, 9.17) is 9.47 Å². The van der Waals surface area contributed by atoms with Crippen molar-refractivity contribution in [2.24, 2.45) is 11.8 Å². The summed E-state index contributed by atoms with van der Waals surface area (Å²) in [6.45, 7) is 4.79. The number of aromatic nitrogens is 2. The molecule has 0 aliphatic carbocycles. The number of urea groups is 1. The number of nitrogens with one attached hydrogen (secondary N) is 1. The maximum Gasteiger partial charge on any atom is 0.317 e. The van der Waals surface area contributed by atoms with Crippen molar-refractivity contribution >= 4 is 12.0 Å². The van der Waals surface area contributed by atoms with Gasteiger partial charge in [0.2, 0.25) is 11.8 Å². The van der Waals surface area contributed by atoms with Crippen LogP contribution in [0.1, 0.15) is 12.8 Å². The SMILES string of the molecule is COc1ccnc(N2CC3CN(C(=O)NCC4CCCO4)CC3C2)n1. The lowest BCUT2D eigenvalue weighted by atomic mass is 10.0. The van der Waals surface area contributed by atoms with E-state index >= 15 is 0 Å². The summed E-state index contributed by atoms with van der Waals surface area (Å²) >= 11 is 0. The van der Waals surface area contributed by atoms with E-state index in [2.05, 4.69) is 20.2 Å². The highest BCUT2D eigenvalue weighted by Gasteiger charge is 2.42. The van der Waals surface area contributed by atoms with Crippen molar-refractivity contribution in [3.05, 3.63) is 12.3 Å². The number of nitrogens with zero attached hydrogens (tertiary/aromatic N) is 4. The summed E-state index contributed by atoms with van der Waals surface area (Å²) in [6.07, 6.45) is 4.05. The Bertz CT molecular complexity index is 608. The van der Waals surface area contributed by atoms with Crippen LogP contribution in [0.25, 0.3) is 0 Å². The second-order valence-corrected chi connectivity index (χ2v) is 7.05. The van der Waals surface area contributed by atoms with Gasteiger partial charge in [-0.05, 0) is 12.8 Å². The molecule has 3 unspecified atom stereocenters. The van der Waals surface area contributed by atoms with Gasteiger partial charge in [0.25, 0.3) is 0 Å². The molecule has 0 saturated carbocycles. The van der Waals surface area contributed by atoms with E-state index in [9.17, 15) is 4.79 Å². The summed E-state index contributed by atoms with van der Waals surface area (Å²) in [5.41, 5.74) is 0. The molecular weight excluding hydrogens is 322 g/mol. The number of hydrogen-bond acceptors (Lipinski definition) is 6. The highest BCUT2D eigenvalue weighted by Crippen LogP contribution is 2.33. The second-order valence-electron chi connectivity index (χ2n) is 7.05. The largest absolute Gasteiger partial charge is 0.481 e. The van der Waals surface area contributed by atoms with E-state index < -0.39 is 0 Å². The lowest BCUT2D eigenvalue weighted by molar-refractivity contribution is 0.109. The third-order valence-corrected chi connectivity index (χ3v) is 5.39. The number of methoxy groups -OCH3 is 1. The van der Waals surface area contributed by atoms with Crippen LogP contribution in [0.5, 0.6) is 5.88 Å². The van der Waals surface area contributed by atoms with Crippen molar-refractivity contribution in [1.29, 1.82) is 0 Å². The van der Waals surface area contributed by atoms with Gasteiger partial charge in [-0.3, -0.25) is 0 Å². The van der Waals surface area contributed by atoms with Crippen LogP contribution < -0.4 is 15.0 Å². The zero-order chi connectivity index (χ0) is 17.2. The standard InChI is InChI=1S/C17H25N5O3/c1-24-15-4-5-18-16(20-15)21-8-12-10-22(11-13(12)9-21)17(23)19-7-14-3-2-6-25-14/h4-5,12-14H,2-3,6-11H2,1H3,(H,19,23). The number of carbonyl (C=O) groups is 1. The molecule has 25 heavy (non-hydrogen) atoms. The number of hydrogen-bond donors (Lipinski definition) is 1. The average Bonchev–Trinajstić information content (AvgIpc) is 3.35. The fourth-order valence-electron chi connectivity index (χ4n) is 4.04. The van der Waals surface area contributed by atoms with Crippen LogP contribution in [-0.4, -0.2) is 73.4 Å². The molecule has 1 aromatic heterocycles. The Labute approximate surface area is 147 Å². The zero-order valence-corrected chi connectivity index (χ0v) is 14.6. The first-order chi connectivity index (χ1) is 12.2. The van der Waals surface area contributed by atoms with Crippen LogP contribution in [0.4, 0.5) is 10.7 Å². The topological polar surface area (TPSA) is 79.8 Å². The Morgan fingerprint density at radius 2 is 2.16 bits per heavy atom. The van der Waals surface area contributed by atoms with E-state index in [1.54, 1.807) is 19.4 Å². The first-order valence-electron chi connectivity index (χ1n) is 8.99. The molecule has 0 radical (unpaired) electrons. The summed E-state index contributed by atoms with van der Waals surface area (Å²) in [6, 6.07) is 1.79. The van der Waals surface area contributed by atoms with Gasteiger partial charge in [0.1, 0.15) is 0 Å². The summed E-state index contributed by atoms with van der Waals surface area (Å²) < 4.78 is 10.7. The van der Waals surface area contributed by atoms with Gasteiger partial charge in [-0.2, -0.15) is 4.98 Å². The molecule has 0 aromatic carbocycles. The molecular formula is C17H25N5O3. The molecule has 8 heteroatoms. The van der Waals surface area contributed by atoms with Gasteiger partial charge in [0.15, 0.2) is 0 Å². The maximum atomic E-state index is 12.4. The minimum Gasteiger partial charge on any atom is -0.481 e. The zero-order valence-electron chi connectivity index (χ0n) is 14.6. The fraction of sp³-hybridized carbons (Fsp3) is 0.706. The minimum atomic E-state index is 0.0362. The molecule has 3 atom stereocenters. The lowest BCUT2D eigenvalue weighted by Gasteiger charge is -2.22. The Morgan fingerprint density at radius 1 is 1.36 bits per heavy atom. The van der Waals surface area contributed by atoms with Crippen molar-refractivity contribution in [2.45, 2.75) is 18.9 Å². The number of amides is 2. The molecule has 0 bridgehead atoms. The van der Waals surface area contributed by atoms with Crippen molar-refractivity contribution in [2.75, 3.05) is 51.3 Å². The summed E-state index contributed by atoms with van der Waals surface area (Å²) in [5, 5.41) is 3.02. The number of anilines is 1. The van der Waals surface area contributed by atoms with E-state index in [0.29, 0.717) is 30.2 Å². The van der Waals surface area contributed by atoms with Gasteiger partial charge in [-0.15, -0.1) is 0 Å². The molecule has 3 saturated heterocycles. The minimum absolute atomic E-state index is 0.0362. The first kappa shape index (κ1) is 16.4. The summed E-state index contributed by atoms with van der Waals surface area (Å²) in [7, 11) is 1.61. The van der Waals surface area contributed by atoms with E-state index in [0.717, 1.165) is 45.6 Å². The Morgan fingerprint density at radius 3 is 2.84 bits per heavy atom. The lowest BCUT2D eigenvalue weighted by Crippen LogP contribution is -2.43. The third-order valence-electron chi connectivity index (χ3n) is 5.39. The van der Waals surface area contributed by atoms with Crippen molar-refractivity contribution < 1.29 is 14.3 Å². The number of ether oxygens (including phenoxy) is 2. The number of fused-ring (bicyclic) bond motifs is 1. The van der Waals surface area contributed by atoms with Crippen LogP contribution in [0, 0.1) is 11.8 Å². The Hall–Kier alpha value is -2.09. The van der Waals surface area contributed by atoms with Gasteiger partial charge in [0.05, 0.1) is 13.2 Å². The first-order valence-corrected chi connectivity index (χ1v) is 8.99. The smallest absolute Gasteiger partial charge is 0.317 e. The van der Waals surface area contributed by atoms with Crippen LogP contribution >= 0.6 is 0 Å². The van der Waals surface area contributed by atoms with Crippen LogP contribution in [0.15, 0.2) is 12.3 Å². The average molecular weight is 347 g/mol. The molecule has 2 amide bonds. The van der Waals surface area contributed by atoms with Gasteiger partial charge in [-0.25, -0.2) is 9.78 Å². The fourth-order valence-corrected chi connectivity index (χ4v) is 4.04. The van der Waals surface area contributed by atoms with Gasteiger partial charge in [0, 0.05) is 63.4 Å². The molecule has 4 rings (SSSR count). The second kappa shape index (κ2) is 7.03. The molecule has 1 aromatic rings. The number of carbonyl (C=O) groups excluding carboxylic acids is 1. The molecule has 8 nitrogen and oxygen atoms in total. The molecule has 3 aliphatic heterocycles. The summed E-state index contributed by atoms with van der Waals surface area (Å²) in [4.78, 5) is 25.3. The molecule has 3 fully saturated rings. The molecule has 4 heterocycles. The molecule has 0 spiro atoms. The highest BCUT2D eigenvalue weighted by molar-refractivity contribution is 5.74. The van der Waals surface area contributed by atoms with Gasteiger partial charge in [-0.1, -0.05) is 0 Å². The van der Waals surface area contributed by atoms with E-state index in [-0.39, 0.29) is 12.1 Å². The molecule has 1 N–H and O–H groups in total. The van der Waals surface area contributed by atoms with Gasteiger partial charge < -0.3 is 24.6 Å². The predicted octanol–water partition coefficient (Wildman–Crippen LogP) is 0.742. The Balaban J connectivity index is 1.29. The number of likely N-dealkylation sites (tertiary alicyclic amines) is 1. The van der Waals surface area contributed by atoms with Crippen molar-refractivity contribution in [3.8, 4) is 5.88 Å². The third kappa shape index (κ3) is 3.49. The van der Waals surface area contributed by atoms with Gasteiger partial charge >= 0.3 is 6.03 Å².